The van der Waals surface area contributed by atoms with Crippen molar-refractivity contribution in [1.82, 2.24) is 5.32 Å². The smallest absolute Gasteiger partial charge is 0.325 e. The van der Waals surface area contributed by atoms with Crippen LogP contribution in [-0.2, 0) is 9.53 Å². The lowest BCUT2D eigenvalue weighted by Gasteiger charge is -2.49. The molecule has 3 aromatic carbocycles. The molecule has 1 spiro atoms. The Morgan fingerprint density at radius 2 is 1.69 bits per heavy atom. The maximum atomic E-state index is 14.2. The highest BCUT2D eigenvalue weighted by Gasteiger charge is 2.69. The zero-order chi connectivity index (χ0) is 22.7. The molecule has 5 nitrogen and oxygen atoms in total. The summed E-state index contributed by atoms with van der Waals surface area (Å²) in [6.07, 6.45) is 0.268. The topological polar surface area (TPSA) is 64.6 Å². The van der Waals surface area contributed by atoms with Gasteiger partial charge in [-0.3, -0.25) is 14.9 Å². The SMILES string of the molecule is COC(=O)[C@]1(C)C[C@]2(C(=O)c3ccccc3OC2(C)C)[C@H](c2ccc3ccccc3c2)N1. The van der Waals surface area contributed by atoms with Crippen molar-refractivity contribution in [1.29, 1.82) is 0 Å². The van der Waals surface area contributed by atoms with Crippen molar-refractivity contribution < 1.29 is 19.1 Å². The minimum absolute atomic E-state index is 0.0114. The maximum Gasteiger partial charge on any atom is 0.325 e. The van der Waals surface area contributed by atoms with Crippen LogP contribution in [0.5, 0.6) is 5.75 Å². The number of esters is 1. The molecule has 0 bridgehead atoms. The number of carbonyl (C=O) groups excluding carboxylic acids is 2. The number of Topliss-reactive ketones (excluding diaryl/α,β-unsaturated/α-hetero) is 1. The van der Waals surface area contributed by atoms with Crippen LogP contribution >= 0.6 is 0 Å². The van der Waals surface area contributed by atoms with Crippen molar-refractivity contribution in [2.75, 3.05) is 7.11 Å². The molecule has 5 heteroatoms. The van der Waals surface area contributed by atoms with E-state index in [9.17, 15) is 9.59 Å². The molecule has 2 heterocycles. The Hall–Kier alpha value is -3.18. The molecule has 5 rings (SSSR count). The molecule has 164 valence electrons. The second kappa shape index (κ2) is 6.91. The number of ketones is 1. The fraction of sp³-hybridized carbons (Fsp3) is 0.333. The fourth-order valence-electron chi connectivity index (χ4n) is 5.66. The summed E-state index contributed by atoms with van der Waals surface area (Å²) in [6, 6.07) is 21.2. The Morgan fingerprint density at radius 3 is 2.44 bits per heavy atom. The molecule has 0 amide bonds. The van der Waals surface area contributed by atoms with Gasteiger partial charge in [0.05, 0.1) is 18.1 Å². The van der Waals surface area contributed by atoms with E-state index >= 15 is 0 Å². The Bertz CT molecular complexity index is 1250. The molecule has 0 saturated carbocycles. The van der Waals surface area contributed by atoms with Gasteiger partial charge >= 0.3 is 5.97 Å². The van der Waals surface area contributed by atoms with E-state index in [1.807, 2.05) is 57.2 Å². The first-order valence-electron chi connectivity index (χ1n) is 10.9. The zero-order valence-electron chi connectivity index (χ0n) is 18.8. The van der Waals surface area contributed by atoms with Crippen molar-refractivity contribution in [2.45, 2.75) is 44.4 Å². The van der Waals surface area contributed by atoms with Crippen molar-refractivity contribution in [2.24, 2.45) is 5.41 Å². The van der Waals surface area contributed by atoms with Gasteiger partial charge in [0.15, 0.2) is 5.78 Å². The third kappa shape index (κ3) is 2.74. The minimum Gasteiger partial charge on any atom is -0.486 e. The predicted molar refractivity (Wildman–Crippen MR) is 123 cm³/mol. The molecule has 3 atom stereocenters. The number of fused-ring (bicyclic) bond motifs is 2. The van der Waals surface area contributed by atoms with Gasteiger partial charge in [-0.25, -0.2) is 0 Å². The summed E-state index contributed by atoms with van der Waals surface area (Å²) < 4.78 is 11.6. The summed E-state index contributed by atoms with van der Waals surface area (Å²) >= 11 is 0. The van der Waals surface area contributed by atoms with Gasteiger partial charge in [-0.15, -0.1) is 0 Å². The normalized spacial score (nSPS) is 28.4. The van der Waals surface area contributed by atoms with Crippen molar-refractivity contribution in [3.05, 3.63) is 77.9 Å². The van der Waals surface area contributed by atoms with E-state index in [0.29, 0.717) is 11.3 Å². The van der Waals surface area contributed by atoms with Crippen LogP contribution in [0.3, 0.4) is 0 Å². The summed E-state index contributed by atoms with van der Waals surface area (Å²) in [5.74, 6) is 0.183. The molecule has 0 unspecified atom stereocenters. The Labute approximate surface area is 187 Å². The molecule has 2 aliphatic heterocycles. The van der Waals surface area contributed by atoms with Gasteiger partial charge in [-0.05, 0) is 61.7 Å². The van der Waals surface area contributed by atoms with Gasteiger partial charge in [-0.2, -0.15) is 0 Å². The number of hydrogen-bond acceptors (Lipinski definition) is 5. The molecule has 2 aliphatic rings. The Morgan fingerprint density at radius 1 is 1.00 bits per heavy atom. The van der Waals surface area contributed by atoms with Gasteiger partial charge in [0.25, 0.3) is 0 Å². The number of hydrogen-bond donors (Lipinski definition) is 1. The molecule has 3 aromatic rings. The summed E-state index contributed by atoms with van der Waals surface area (Å²) in [5.41, 5.74) is -1.41. The lowest BCUT2D eigenvalue weighted by molar-refractivity contribution is -0.147. The van der Waals surface area contributed by atoms with E-state index < -0.39 is 22.6 Å². The third-order valence-electron chi connectivity index (χ3n) is 7.31. The van der Waals surface area contributed by atoms with Crippen LogP contribution in [0.15, 0.2) is 66.7 Å². The number of ether oxygens (including phenoxy) is 2. The fourth-order valence-corrected chi connectivity index (χ4v) is 5.66. The van der Waals surface area contributed by atoms with E-state index in [-0.39, 0.29) is 18.2 Å². The van der Waals surface area contributed by atoms with Gasteiger partial charge in [0.2, 0.25) is 0 Å². The first-order chi connectivity index (χ1) is 15.2. The van der Waals surface area contributed by atoms with Crippen molar-refractivity contribution in [3.8, 4) is 5.75 Å². The van der Waals surface area contributed by atoms with Gasteiger partial charge in [0.1, 0.15) is 16.9 Å². The van der Waals surface area contributed by atoms with Gasteiger partial charge in [0, 0.05) is 6.04 Å². The maximum absolute atomic E-state index is 14.2. The number of benzene rings is 3. The third-order valence-corrected chi connectivity index (χ3v) is 7.31. The lowest BCUT2D eigenvalue weighted by atomic mass is 9.59. The summed E-state index contributed by atoms with van der Waals surface area (Å²) in [7, 11) is 1.38. The second-order valence-electron chi connectivity index (χ2n) is 9.59. The quantitative estimate of drug-likeness (QED) is 0.590. The molecule has 1 saturated heterocycles. The average molecular weight is 430 g/mol. The molecule has 0 aliphatic carbocycles. The Kier molecular flexibility index (Phi) is 4.47. The minimum atomic E-state index is -1.03. The zero-order valence-corrected chi connectivity index (χ0v) is 18.8. The number of para-hydroxylation sites is 1. The van der Waals surface area contributed by atoms with Crippen molar-refractivity contribution >= 4 is 22.5 Å². The second-order valence-corrected chi connectivity index (χ2v) is 9.59. The van der Waals surface area contributed by atoms with Gasteiger partial charge in [-0.1, -0.05) is 48.5 Å². The molecular weight excluding hydrogens is 402 g/mol. The van der Waals surface area contributed by atoms with E-state index in [4.69, 9.17) is 9.47 Å². The standard InChI is InChI=1S/C27H27NO4/c1-25(2)27(23(29)20-11-7-8-12-21(20)32-25)16-26(3,24(30)31-4)28-22(27)19-14-13-17-9-5-6-10-18(17)15-19/h5-15,22,28H,16H2,1-4H3/t22-,26-,27+/m0/s1. The van der Waals surface area contributed by atoms with Crippen LogP contribution < -0.4 is 10.1 Å². The number of methoxy groups -OCH3 is 1. The molecule has 1 N–H and O–H groups in total. The van der Waals surface area contributed by atoms with E-state index in [1.54, 1.807) is 6.07 Å². The monoisotopic (exact) mass is 429 g/mol. The van der Waals surface area contributed by atoms with Crippen LogP contribution in [0.1, 0.15) is 49.2 Å². The van der Waals surface area contributed by atoms with Crippen molar-refractivity contribution in [3.63, 3.8) is 0 Å². The van der Waals surface area contributed by atoms with E-state index in [1.165, 1.54) is 7.11 Å². The highest BCUT2D eigenvalue weighted by atomic mass is 16.5. The highest BCUT2D eigenvalue weighted by Crippen LogP contribution is 2.60. The summed E-state index contributed by atoms with van der Waals surface area (Å²) in [4.78, 5) is 27.1. The van der Waals surface area contributed by atoms with Crippen LogP contribution in [0.2, 0.25) is 0 Å². The van der Waals surface area contributed by atoms with Crippen LogP contribution in [0, 0.1) is 5.41 Å². The summed E-state index contributed by atoms with van der Waals surface area (Å²) in [5, 5.41) is 5.70. The number of carbonyl (C=O) groups is 2. The van der Waals surface area contributed by atoms with E-state index in [0.717, 1.165) is 16.3 Å². The molecule has 0 aromatic heterocycles. The van der Waals surface area contributed by atoms with Gasteiger partial charge < -0.3 is 9.47 Å². The number of nitrogens with one attached hydrogen (secondary N) is 1. The van der Waals surface area contributed by atoms with E-state index in [2.05, 4.69) is 29.6 Å². The average Bonchev–Trinajstić information content (AvgIpc) is 3.13. The Balaban J connectivity index is 1.75. The van der Waals surface area contributed by atoms with Crippen LogP contribution in [0.4, 0.5) is 0 Å². The molecule has 0 radical (unpaired) electrons. The molecule has 32 heavy (non-hydrogen) atoms. The lowest BCUT2D eigenvalue weighted by Crippen LogP contribution is -2.58. The van der Waals surface area contributed by atoms with Crippen LogP contribution in [0.25, 0.3) is 10.8 Å². The van der Waals surface area contributed by atoms with Crippen LogP contribution in [-0.4, -0.2) is 30.0 Å². The number of rotatable bonds is 2. The largest absolute Gasteiger partial charge is 0.486 e. The summed E-state index contributed by atoms with van der Waals surface area (Å²) in [6.45, 7) is 5.70. The predicted octanol–water partition coefficient (Wildman–Crippen LogP) is 4.85. The first-order valence-corrected chi connectivity index (χ1v) is 10.9. The highest BCUT2D eigenvalue weighted by molar-refractivity contribution is 6.06. The molecule has 1 fully saturated rings. The first kappa shape index (κ1) is 20.7. The molecular formula is C27H27NO4.